The van der Waals surface area contributed by atoms with Gasteiger partial charge in [-0.15, -0.1) is 0 Å². The van der Waals surface area contributed by atoms with Gasteiger partial charge in [0.2, 0.25) is 0 Å². The Balaban J connectivity index is 2.35. The van der Waals surface area contributed by atoms with Crippen molar-refractivity contribution in [3.63, 3.8) is 0 Å². The highest BCUT2D eigenvalue weighted by atomic mass is 19.1. The number of hydrogen-bond acceptors (Lipinski definition) is 5. The van der Waals surface area contributed by atoms with Crippen LogP contribution >= 0.6 is 0 Å². The zero-order valence-electron chi connectivity index (χ0n) is 10.7. The quantitative estimate of drug-likeness (QED) is 0.651. The number of benzene rings is 1. The first-order valence-corrected chi connectivity index (χ1v) is 5.88. The van der Waals surface area contributed by atoms with Crippen LogP contribution in [0.4, 0.5) is 14.6 Å². The standard InChI is InChI=1S/C13H13F2N3O2/c1-2-19-10-5-3-4-6-11(10)20-13-9(15)7-8(14)12(17-13)18-16/h3-7H,2,16H2,1H3,(H,17,18). The van der Waals surface area contributed by atoms with Crippen molar-refractivity contribution >= 4 is 5.82 Å². The Morgan fingerprint density at radius 1 is 1.20 bits per heavy atom. The predicted molar refractivity (Wildman–Crippen MR) is 69.6 cm³/mol. The summed E-state index contributed by atoms with van der Waals surface area (Å²) in [6, 6.07) is 7.34. The first kappa shape index (κ1) is 14.0. The van der Waals surface area contributed by atoms with Crippen LogP contribution in [0.2, 0.25) is 0 Å². The molecule has 5 nitrogen and oxygen atoms in total. The molecule has 0 saturated carbocycles. The molecule has 0 aliphatic heterocycles. The Labute approximate surface area is 114 Å². The summed E-state index contributed by atoms with van der Waals surface area (Å²) in [4.78, 5) is 3.62. The normalized spacial score (nSPS) is 10.2. The zero-order chi connectivity index (χ0) is 14.5. The molecule has 0 amide bonds. The monoisotopic (exact) mass is 281 g/mol. The van der Waals surface area contributed by atoms with Gasteiger partial charge in [0.15, 0.2) is 29.0 Å². The Morgan fingerprint density at radius 3 is 2.55 bits per heavy atom. The number of nitrogens with two attached hydrogens (primary N) is 1. The molecule has 3 N–H and O–H groups in total. The van der Waals surface area contributed by atoms with Crippen LogP contribution in [0.15, 0.2) is 30.3 Å². The first-order valence-electron chi connectivity index (χ1n) is 5.88. The minimum Gasteiger partial charge on any atom is -0.490 e. The number of nitrogens with zero attached hydrogens (tertiary/aromatic N) is 1. The maximum Gasteiger partial charge on any atom is 0.258 e. The van der Waals surface area contributed by atoms with Gasteiger partial charge in [0.25, 0.3) is 5.88 Å². The summed E-state index contributed by atoms with van der Waals surface area (Å²) in [5, 5.41) is 0. The Hall–Kier alpha value is -2.41. The van der Waals surface area contributed by atoms with E-state index in [4.69, 9.17) is 15.3 Å². The minimum atomic E-state index is -0.937. The number of hydrazine groups is 1. The van der Waals surface area contributed by atoms with Gasteiger partial charge in [0.05, 0.1) is 6.61 Å². The molecular weight excluding hydrogens is 268 g/mol. The van der Waals surface area contributed by atoms with Crippen molar-refractivity contribution in [3.05, 3.63) is 42.0 Å². The lowest BCUT2D eigenvalue weighted by atomic mass is 10.3. The molecule has 0 spiro atoms. The minimum absolute atomic E-state index is 0.273. The molecule has 1 aromatic carbocycles. The number of pyridine rings is 1. The van der Waals surface area contributed by atoms with E-state index in [0.29, 0.717) is 18.4 Å². The SMILES string of the molecule is CCOc1ccccc1Oc1nc(NN)c(F)cc1F. The highest BCUT2D eigenvalue weighted by molar-refractivity contribution is 5.44. The van der Waals surface area contributed by atoms with Crippen molar-refractivity contribution in [3.8, 4) is 17.4 Å². The van der Waals surface area contributed by atoms with Gasteiger partial charge in [0.1, 0.15) is 0 Å². The topological polar surface area (TPSA) is 69.4 Å². The molecule has 0 aliphatic carbocycles. The second-order valence-electron chi connectivity index (χ2n) is 3.73. The lowest BCUT2D eigenvalue weighted by molar-refractivity contribution is 0.316. The van der Waals surface area contributed by atoms with E-state index in [1.54, 1.807) is 24.3 Å². The fourth-order valence-electron chi connectivity index (χ4n) is 1.54. The molecule has 106 valence electrons. The van der Waals surface area contributed by atoms with Crippen LogP contribution in [0.5, 0.6) is 17.4 Å². The number of nitrogens with one attached hydrogen (secondary N) is 1. The summed E-state index contributed by atoms with van der Waals surface area (Å²) in [7, 11) is 0. The second kappa shape index (κ2) is 6.16. The number of aromatic nitrogens is 1. The van der Waals surface area contributed by atoms with Gasteiger partial charge in [-0.3, -0.25) is 0 Å². The van der Waals surface area contributed by atoms with Gasteiger partial charge in [-0.05, 0) is 19.1 Å². The Kier molecular flexibility index (Phi) is 4.31. The number of para-hydroxylation sites is 2. The van der Waals surface area contributed by atoms with Crippen molar-refractivity contribution in [1.82, 2.24) is 4.98 Å². The summed E-state index contributed by atoms with van der Waals surface area (Å²) in [6.07, 6.45) is 0. The summed E-state index contributed by atoms with van der Waals surface area (Å²) in [5.41, 5.74) is 2.02. The van der Waals surface area contributed by atoms with Crippen molar-refractivity contribution in [2.45, 2.75) is 6.92 Å². The number of rotatable bonds is 5. The molecule has 0 unspecified atom stereocenters. The van der Waals surface area contributed by atoms with Gasteiger partial charge < -0.3 is 14.9 Å². The number of halogens is 2. The molecule has 1 heterocycles. The van der Waals surface area contributed by atoms with Gasteiger partial charge in [-0.25, -0.2) is 14.6 Å². The van der Waals surface area contributed by atoms with Crippen LogP contribution in [0, 0.1) is 11.6 Å². The van der Waals surface area contributed by atoms with E-state index in [2.05, 4.69) is 4.98 Å². The fourth-order valence-corrected chi connectivity index (χ4v) is 1.54. The van der Waals surface area contributed by atoms with Gasteiger partial charge >= 0.3 is 0 Å². The van der Waals surface area contributed by atoms with Gasteiger partial charge in [-0.2, -0.15) is 4.98 Å². The third-order valence-electron chi connectivity index (χ3n) is 2.39. The molecule has 0 radical (unpaired) electrons. The third kappa shape index (κ3) is 2.94. The van der Waals surface area contributed by atoms with Crippen LogP contribution in [-0.4, -0.2) is 11.6 Å². The lowest BCUT2D eigenvalue weighted by Gasteiger charge is -2.12. The van der Waals surface area contributed by atoms with Crippen LogP contribution in [0.25, 0.3) is 0 Å². The average molecular weight is 281 g/mol. The highest BCUT2D eigenvalue weighted by Gasteiger charge is 2.15. The van der Waals surface area contributed by atoms with Crippen molar-refractivity contribution < 1.29 is 18.3 Å². The Bertz CT molecular complexity index is 608. The van der Waals surface area contributed by atoms with E-state index in [1.165, 1.54) is 0 Å². The summed E-state index contributed by atoms with van der Waals surface area (Å²) in [6.45, 7) is 2.24. The molecule has 0 aliphatic rings. The maximum atomic E-state index is 13.6. The van der Waals surface area contributed by atoms with Crippen molar-refractivity contribution in [2.24, 2.45) is 5.84 Å². The molecule has 0 bridgehead atoms. The number of nitrogen functional groups attached to an aromatic ring is 1. The van der Waals surface area contributed by atoms with Gasteiger partial charge in [0, 0.05) is 6.07 Å². The summed E-state index contributed by atoms with van der Waals surface area (Å²) in [5.74, 6) is 3.24. The maximum absolute atomic E-state index is 13.6. The Morgan fingerprint density at radius 2 is 1.90 bits per heavy atom. The molecule has 0 atom stereocenters. The van der Waals surface area contributed by atoms with Crippen molar-refractivity contribution in [2.75, 3.05) is 12.0 Å². The smallest absolute Gasteiger partial charge is 0.258 e. The van der Waals surface area contributed by atoms with E-state index in [-0.39, 0.29) is 11.6 Å². The van der Waals surface area contributed by atoms with E-state index >= 15 is 0 Å². The number of hydrogen-bond donors (Lipinski definition) is 2. The molecule has 0 fully saturated rings. The van der Waals surface area contributed by atoms with Crippen molar-refractivity contribution in [1.29, 1.82) is 0 Å². The van der Waals surface area contributed by atoms with Crippen LogP contribution in [0.1, 0.15) is 6.92 Å². The molecule has 7 heteroatoms. The largest absolute Gasteiger partial charge is 0.490 e. The molecule has 2 aromatic rings. The van der Waals surface area contributed by atoms with Crippen LogP contribution in [-0.2, 0) is 0 Å². The molecular formula is C13H13F2N3O2. The third-order valence-corrected chi connectivity index (χ3v) is 2.39. The molecule has 1 aromatic heterocycles. The summed E-state index contributed by atoms with van der Waals surface area (Å²) < 4.78 is 37.5. The van der Waals surface area contributed by atoms with Gasteiger partial charge in [-0.1, -0.05) is 12.1 Å². The van der Waals surface area contributed by atoms with E-state index in [0.717, 1.165) is 0 Å². The van der Waals surface area contributed by atoms with E-state index < -0.39 is 17.5 Å². The number of anilines is 1. The molecule has 2 rings (SSSR count). The summed E-state index contributed by atoms with van der Waals surface area (Å²) >= 11 is 0. The van der Waals surface area contributed by atoms with E-state index in [9.17, 15) is 8.78 Å². The predicted octanol–water partition coefficient (Wildman–Crippen LogP) is 2.84. The fraction of sp³-hybridized carbons (Fsp3) is 0.154. The first-order chi connectivity index (χ1) is 9.65. The average Bonchev–Trinajstić information content (AvgIpc) is 2.44. The second-order valence-corrected chi connectivity index (χ2v) is 3.73. The number of ether oxygens (including phenoxy) is 2. The molecule has 20 heavy (non-hydrogen) atoms. The zero-order valence-corrected chi connectivity index (χ0v) is 10.7. The molecule has 0 saturated heterocycles. The van der Waals surface area contributed by atoms with E-state index in [1.807, 2.05) is 12.3 Å². The van der Waals surface area contributed by atoms with Crippen LogP contribution < -0.4 is 20.7 Å². The lowest BCUT2D eigenvalue weighted by Crippen LogP contribution is -2.11. The van der Waals surface area contributed by atoms with Crippen LogP contribution in [0.3, 0.4) is 0 Å². The highest BCUT2D eigenvalue weighted by Crippen LogP contribution is 2.32.